The van der Waals surface area contributed by atoms with Crippen LogP contribution in [0.15, 0.2) is 30.3 Å². The lowest BCUT2D eigenvalue weighted by atomic mass is 9.74. The molecule has 0 nitrogen and oxygen atoms in total. The number of unbranched alkanes of at least 4 members (excludes halogenated alkanes) is 2. The highest BCUT2D eigenvalue weighted by Gasteiger charge is 2.40. The SMILES string of the molecule is CCCCC[Si]1(c2ccccc2)CCC([C@H]2CC[C@H](CBr)CC2)CC1. The third-order valence-corrected chi connectivity index (χ3v) is 13.7. The maximum Gasteiger partial charge on any atom is 0.0867 e. The van der Waals surface area contributed by atoms with Gasteiger partial charge in [0.2, 0.25) is 0 Å². The van der Waals surface area contributed by atoms with Gasteiger partial charge < -0.3 is 0 Å². The Balaban J connectivity index is 1.61. The van der Waals surface area contributed by atoms with Gasteiger partial charge in [0.1, 0.15) is 0 Å². The monoisotopic (exact) mass is 420 g/mol. The van der Waals surface area contributed by atoms with Crippen LogP contribution in [0.1, 0.15) is 64.7 Å². The Morgan fingerprint density at radius 1 is 0.880 bits per heavy atom. The summed E-state index contributed by atoms with van der Waals surface area (Å²) < 4.78 is 0. The Kier molecular flexibility index (Phi) is 7.66. The highest BCUT2D eigenvalue weighted by molar-refractivity contribution is 9.09. The van der Waals surface area contributed by atoms with Crippen molar-refractivity contribution in [3.05, 3.63) is 30.3 Å². The van der Waals surface area contributed by atoms with Crippen molar-refractivity contribution in [2.45, 2.75) is 82.8 Å². The third-order valence-electron chi connectivity index (χ3n) is 7.41. The molecule has 1 aromatic rings. The maximum atomic E-state index is 3.70. The summed E-state index contributed by atoms with van der Waals surface area (Å²) in [6.07, 6.45) is 13.3. The van der Waals surface area contributed by atoms with E-state index in [0.29, 0.717) is 0 Å². The van der Waals surface area contributed by atoms with Crippen LogP contribution in [0.3, 0.4) is 0 Å². The minimum atomic E-state index is -1.23. The van der Waals surface area contributed by atoms with E-state index in [2.05, 4.69) is 53.2 Å². The van der Waals surface area contributed by atoms with Crippen molar-refractivity contribution in [3.63, 3.8) is 0 Å². The average molecular weight is 422 g/mol. The Hall–Kier alpha value is -0.0831. The number of hydrogen-bond acceptors (Lipinski definition) is 0. The van der Waals surface area contributed by atoms with Crippen LogP contribution < -0.4 is 5.19 Å². The molecule has 3 rings (SSSR count). The van der Waals surface area contributed by atoms with Gasteiger partial charge in [0.25, 0.3) is 0 Å². The molecule has 2 fully saturated rings. The van der Waals surface area contributed by atoms with E-state index in [1.165, 1.54) is 63.1 Å². The smallest absolute Gasteiger partial charge is 0.0867 e. The van der Waals surface area contributed by atoms with Crippen molar-refractivity contribution >= 4 is 29.2 Å². The van der Waals surface area contributed by atoms with Gasteiger partial charge >= 0.3 is 0 Å². The van der Waals surface area contributed by atoms with Gasteiger partial charge in [0.05, 0.1) is 8.07 Å². The molecule has 0 aromatic heterocycles. The summed E-state index contributed by atoms with van der Waals surface area (Å²) in [5, 5.41) is 3.00. The molecule has 0 spiro atoms. The first-order chi connectivity index (χ1) is 12.3. The van der Waals surface area contributed by atoms with E-state index in [-0.39, 0.29) is 0 Å². The molecular weight excluding hydrogens is 384 g/mol. The van der Waals surface area contributed by atoms with Crippen LogP contribution in [0.2, 0.25) is 18.1 Å². The van der Waals surface area contributed by atoms with E-state index < -0.39 is 8.07 Å². The summed E-state index contributed by atoms with van der Waals surface area (Å²) in [7, 11) is -1.23. The van der Waals surface area contributed by atoms with Gasteiger partial charge in [0.15, 0.2) is 0 Å². The molecule has 1 aromatic carbocycles. The fraction of sp³-hybridized carbons (Fsp3) is 0.739. The first-order valence-electron chi connectivity index (χ1n) is 10.9. The van der Waals surface area contributed by atoms with Gasteiger partial charge in [0, 0.05) is 5.33 Å². The van der Waals surface area contributed by atoms with Gasteiger partial charge in [-0.25, -0.2) is 0 Å². The van der Waals surface area contributed by atoms with E-state index in [0.717, 1.165) is 17.8 Å². The number of halogens is 1. The standard InChI is InChI=1S/C23H37BrSi/c1-2-3-7-16-25(23-8-5-4-6-9-23)17-14-22(15-18-25)21-12-10-20(19-24)11-13-21/h4-6,8-9,20-22H,2-3,7,10-19H2,1H3/t20-,21-,22?,25?. The highest BCUT2D eigenvalue weighted by Crippen LogP contribution is 2.44. The summed E-state index contributed by atoms with van der Waals surface area (Å²) in [6, 6.07) is 16.4. The Morgan fingerprint density at radius 3 is 2.12 bits per heavy atom. The Bertz CT molecular complexity index is 484. The van der Waals surface area contributed by atoms with Crippen molar-refractivity contribution in [3.8, 4) is 0 Å². The average Bonchev–Trinajstić information content (AvgIpc) is 2.69. The lowest BCUT2D eigenvalue weighted by Gasteiger charge is -2.43. The molecule has 0 bridgehead atoms. The van der Waals surface area contributed by atoms with Crippen molar-refractivity contribution in [2.24, 2.45) is 17.8 Å². The molecule has 1 aliphatic carbocycles. The van der Waals surface area contributed by atoms with Gasteiger partial charge in [-0.05, 0) is 43.4 Å². The van der Waals surface area contributed by atoms with Crippen LogP contribution in [-0.2, 0) is 0 Å². The van der Waals surface area contributed by atoms with E-state index >= 15 is 0 Å². The van der Waals surface area contributed by atoms with Gasteiger partial charge in [-0.1, -0.05) is 109 Å². The molecule has 0 amide bonds. The van der Waals surface area contributed by atoms with Crippen LogP contribution in [0.5, 0.6) is 0 Å². The quantitative estimate of drug-likeness (QED) is 0.249. The Morgan fingerprint density at radius 2 is 1.52 bits per heavy atom. The third kappa shape index (κ3) is 5.00. The second kappa shape index (κ2) is 9.74. The molecule has 1 aliphatic heterocycles. The molecule has 25 heavy (non-hydrogen) atoms. The number of rotatable bonds is 7. The van der Waals surface area contributed by atoms with Gasteiger partial charge in [-0.2, -0.15) is 0 Å². The highest BCUT2D eigenvalue weighted by atomic mass is 79.9. The zero-order chi connectivity index (χ0) is 17.5. The van der Waals surface area contributed by atoms with E-state index in [9.17, 15) is 0 Å². The van der Waals surface area contributed by atoms with Crippen molar-refractivity contribution < 1.29 is 0 Å². The molecule has 0 atom stereocenters. The summed E-state index contributed by atoms with van der Waals surface area (Å²) >= 11 is 3.70. The fourth-order valence-electron chi connectivity index (χ4n) is 5.67. The lowest BCUT2D eigenvalue weighted by Crippen LogP contribution is -2.50. The van der Waals surface area contributed by atoms with Crippen LogP contribution >= 0.6 is 15.9 Å². The normalized spacial score (nSPS) is 33.3. The zero-order valence-corrected chi connectivity index (χ0v) is 18.8. The summed E-state index contributed by atoms with van der Waals surface area (Å²) in [6.45, 7) is 2.34. The first-order valence-corrected chi connectivity index (χ1v) is 14.6. The number of hydrogen-bond donors (Lipinski definition) is 0. The van der Waals surface area contributed by atoms with Gasteiger partial charge in [-0.15, -0.1) is 0 Å². The molecule has 0 unspecified atom stereocenters. The molecule has 0 N–H and O–H groups in total. The molecule has 1 heterocycles. The predicted octanol–water partition coefficient (Wildman–Crippen LogP) is 7.14. The number of alkyl halides is 1. The maximum absolute atomic E-state index is 3.70. The second-order valence-electron chi connectivity index (χ2n) is 8.88. The van der Waals surface area contributed by atoms with Crippen LogP contribution in [-0.4, -0.2) is 13.4 Å². The predicted molar refractivity (Wildman–Crippen MR) is 118 cm³/mol. The van der Waals surface area contributed by atoms with Crippen LogP contribution in [0, 0.1) is 17.8 Å². The van der Waals surface area contributed by atoms with Crippen molar-refractivity contribution in [2.75, 3.05) is 5.33 Å². The molecule has 1 saturated carbocycles. The van der Waals surface area contributed by atoms with Crippen LogP contribution in [0.4, 0.5) is 0 Å². The Labute approximate surface area is 165 Å². The first kappa shape index (κ1) is 19.7. The minimum Gasteiger partial charge on any atom is -0.0925 e. The molecule has 2 aliphatic rings. The molecule has 1 saturated heterocycles. The van der Waals surface area contributed by atoms with Crippen LogP contribution in [0.25, 0.3) is 0 Å². The summed E-state index contributed by atoms with van der Waals surface area (Å²) in [4.78, 5) is 0. The van der Waals surface area contributed by atoms with Gasteiger partial charge in [-0.3, -0.25) is 0 Å². The fourth-order valence-corrected chi connectivity index (χ4v) is 11.6. The number of benzene rings is 1. The lowest BCUT2D eigenvalue weighted by molar-refractivity contribution is 0.200. The molecule has 140 valence electrons. The van der Waals surface area contributed by atoms with Crippen molar-refractivity contribution in [1.82, 2.24) is 0 Å². The zero-order valence-electron chi connectivity index (χ0n) is 16.2. The molecule has 0 radical (unpaired) electrons. The summed E-state index contributed by atoms with van der Waals surface area (Å²) in [5.41, 5.74) is 0. The molecular formula is C23H37BrSi. The largest absolute Gasteiger partial charge is 0.0925 e. The second-order valence-corrected chi connectivity index (χ2v) is 14.2. The molecule has 2 heteroatoms. The van der Waals surface area contributed by atoms with E-state index in [1.807, 2.05) is 0 Å². The topological polar surface area (TPSA) is 0 Å². The minimum absolute atomic E-state index is 0.965. The summed E-state index contributed by atoms with van der Waals surface area (Å²) in [5.74, 6) is 3.06. The van der Waals surface area contributed by atoms with Crippen molar-refractivity contribution in [1.29, 1.82) is 0 Å². The van der Waals surface area contributed by atoms with E-state index in [4.69, 9.17) is 0 Å². The van der Waals surface area contributed by atoms with E-state index in [1.54, 1.807) is 23.3 Å².